The van der Waals surface area contributed by atoms with Crippen LogP contribution in [0.5, 0.6) is 0 Å². The summed E-state index contributed by atoms with van der Waals surface area (Å²) in [5, 5.41) is 8.79. The predicted molar refractivity (Wildman–Crippen MR) is 60.6 cm³/mol. The van der Waals surface area contributed by atoms with Gasteiger partial charge in [0.05, 0.1) is 17.6 Å². The summed E-state index contributed by atoms with van der Waals surface area (Å²) in [4.78, 5) is 2.08. The molecule has 1 saturated heterocycles. The second-order valence-electron chi connectivity index (χ2n) is 4.43. The van der Waals surface area contributed by atoms with Crippen molar-refractivity contribution >= 4 is 9.84 Å². The highest BCUT2D eigenvalue weighted by Crippen LogP contribution is 2.16. The zero-order valence-corrected chi connectivity index (χ0v) is 10.3. The lowest BCUT2D eigenvalue weighted by Gasteiger charge is -2.22. The standard InChI is InChI=1S/C10H21NO3S/c1-9(2)15(13,14)7-6-11-5-3-4-10(11)8-12/h9-10,12H,3-8H2,1-2H3/t10-/m0/s1. The van der Waals surface area contributed by atoms with Gasteiger partial charge in [-0.2, -0.15) is 0 Å². The summed E-state index contributed by atoms with van der Waals surface area (Å²) >= 11 is 0. The van der Waals surface area contributed by atoms with E-state index in [9.17, 15) is 8.42 Å². The van der Waals surface area contributed by atoms with Crippen molar-refractivity contribution in [3.05, 3.63) is 0 Å². The molecule has 0 bridgehead atoms. The van der Waals surface area contributed by atoms with Crippen LogP contribution >= 0.6 is 0 Å². The minimum absolute atomic E-state index is 0.141. The van der Waals surface area contributed by atoms with Crippen LogP contribution in [0, 0.1) is 0 Å². The lowest BCUT2D eigenvalue weighted by atomic mass is 10.2. The molecule has 1 aliphatic rings. The van der Waals surface area contributed by atoms with E-state index in [4.69, 9.17) is 5.11 Å². The molecule has 0 saturated carbocycles. The lowest BCUT2D eigenvalue weighted by molar-refractivity contribution is 0.165. The van der Waals surface area contributed by atoms with Crippen molar-refractivity contribution in [2.24, 2.45) is 0 Å². The molecule has 1 fully saturated rings. The second kappa shape index (κ2) is 5.27. The fourth-order valence-corrected chi connectivity index (χ4v) is 2.84. The zero-order chi connectivity index (χ0) is 11.5. The number of aliphatic hydroxyl groups excluding tert-OH is 1. The number of sulfone groups is 1. The quantitative estimate of drug-likeness (QED) is 0.743. The Hall–Kier alpha value is -0.130. The van der Waals surface area contributed by atoms with Crippen LogP contribution in [0.3, 0.4) is 0 Å². The van der Waals surface area contributed by atoms with E-state index in [1.807, 2.05) is 0 Å². The van der Waals surface area contributed by atoms with Crippen molar-refractivity contribution in [1.82, 2.24) is 4.90 Å². The van der Waals surface area contributed by atoms with Crippen LogP contribution in [0.1, 0.15) is 26.7 Å². The van der Waals surface area contributed by atoms with Gasteiger partial charge in [-0.1, -0.05) is 0 Å². The third-order valence-electron chi connectivity index (χ3n) is 3.09. The Balaban J connectivity index is 2.43. The minimum atomic E-state index is -2.94. The molecule has 0 aromatic rings. The number of hydrogen-bond donors (Lipinski definition) is 1. The largest absolute Gasteiger partial charge is 0.395 e. The highest BCUT2D eigenvalue weighted by Gasteiger charge is 2.25. The van der Waals surface area contributed by atoms with Gasteiger partial charge in [0.25, 0.3) is 0 Å². The highest BCUT2D eigenvalue weighted by molar-refractivity contribution is 7.92. The van der Waals surface area contributed by atoms with Crippen molar-refractivity contribution in [2.75, 3.05) is 25.4 Å². The van der Waals surface area contributed by atoms with Gasteiger partial charge < -0.3 is 5.11 Å². The molecule has 1 atom stereocenters. The fourth-order valence-electron chi connectivity index (χ4n) is 1.88. The first kappa shape index (κ1) is 12.9. The SMILES string of the molecule is CC(C)S(=O)(=O)CCN1CCC[C@H]1CO. The summed E-state index contributed by atoms with van der Waals surface area (Å²) in [6.07, 6.45) is 2.05. The maximum absolute atomic E-state index is 11.6. The Morgan fingerprint density at radius 1 is 1.47 bits per heavy atom. The molecule has 0 aliphatic carbocycles. The molecule has 0 amide bonds. The van der Waals surface area contributed by atoms with E-state index < -0.39 is 9.84 Å². The van der Waals surface area contributed by atoms with Gasteiger partial charge in [-0.15, -0.1) is 0 Å². The highest BCUT2D eigenvalue weighted by atomic mass is 32.2. The zero-order valence-electron chi connectivity index (χ0n) is 9.52. The van der Waals surface area contributed by atoms with Crippen molar-refractivity contribution in [3.63, 3.8) is 0 Å². The molecule has 0 aromatic carbocycles. The van der Waals surface area contributed by atoms with E-state index in [0.717, 1.165) is 19.4 Å². The summed E-state index contributed by atoms with van der Waals surface area (Å²) in [6, 6.07) is 0.173. The van der Waals surface area contributed by atoms with Crippen LogP contribution in [0.2, 0.25) is 0 Å². The third kappa shape index (κ3) is 3.43. The average Bonchev–Trinajstić information content (AvgIpc) is 2.61. The van der Waals surface area contributed by atoms with Crippen LogP contribution in [0.25, 0.3) is 0 Å². The molecule has 15 heavy (non-hydrogen) atoms. The van der Waals surface area contributed by atoms with Crippen LogP contribution in [0.4, 0.5) is 0 Å². The first-order chi connectivity index (χ1) is 6.97. The van der Waals surface area contributed by atoms with Gasteiger partial charge in [-0.05, 0) is 33.2 Å². The molecule has 0 radical (unpaired) electrons. The Morgan fingerprint density at radius 2 is 2.13 bits per heavy atom. The first-order valence-corrected chi connectivity index (χ1v) is 7.25. The normalized spacial score (nSPS) is 23.9. The molecule has 1 heterocycles. The van der Waals surface area contributed by atoms with E-state index in [0.29, 0.717) is 6.54 Å². The van der Waals surface area contributed by atoms with Crippen LogP contribution < -0.4 is 0 Å². The van der Waals surface area contributed by atoms with Crippen LogP contribution in [-0.2, 0) is 9.84 Å². The topological polar surface area (TPSA) is 57.6 Å². The predicted octanol–water partition coefficient (Wildman–Crippen LogP) is 0.266. The number of hydrogen-bond acceptors (Lipinski definition) is 4. The number of rotatable bonds is 5. The third-order valence-corrected chi connectivity index (χ3v) is 5.28. The molecule has 0 spiro atoms. The Morgan fingerprint density at radius 3 is 2.67 bits per heavy atom. The van der Waals surface area contributed by atoms with Gasteiger partial charge >= 0.3 is 0 Å². The smallest absolute Gasteiger partial charge is 0.153 e. The maximum atomic E-state index is 11.6. The van der Waals surface area contributed by atoms with E-state index in [1.54, 1.807) is 13.8 Å². The number of aliphatic hydroxyl groups is 1. The molecule has 0 unspecified atom stereocenters. The van der Waals surface area contributed by atoms with Crippen LogP contribution in [0.15, 0.2) is 0 Å². The van der Waals surface area contributed by atoms with Crippen molar-refractivity contribution < 1.29 is 13.5 Å². The average molecular weight is 235 g/mol. The van der Waals surface area contributed by atoms with Crippen LogP contribution in [-0.4, -0.2) is 55.2 Å². The molecular formula is C10H21NO3S. The van der Waals surface area contributed by atoms with Gasteiger partial charge in [0.2, 0.25) is 0 Å². The summed E-state index contributed by atoms with van der Waals surface area (Å²) < 4.78 is 23.2. The summed E-state index contributed by atoms with van der Waals surface area (Å²) in [7, 11) is -2.94. The summed E-state index contributed by atoms with van der Waals surface area (Å²) in [6.45, 7) is 5.04. The maximum Gasteiger partial charge on any atom is 0.153 e. The minimum Gasteiger partial charge on any atom is -0.395 e. The van der Waals surface area contributed by atoms with Crippen molar-refractivity contribution in [1.29, 1.82) is 0 Å². The Bertz CT molecular complexity index is 287. The van der Waals surface area contributed by atoms with E-state index in [-0.39, 0.29) is 23.7 Å². The molecule has 1 rings (SSSR count). The fraction of sp³-hybridized carbons (Fsp3) is 1.00. The van der Waals surface area contributed by atoms with Gasteiger partial charge in [0.15, 0.2) is 9.84 Å². The second-order valence-corrected chi connectivity index (χ2v) is 7.11. The summed E-state index contributed by atoms with van der Waals surface area (Å²) in [5.41, 5.74) is 0. The molecule has 90 valence electrons. The monoisotopic (exact) mass is 235 g/mol. The van der Waals surface area contributed by atoms with Crippen molar-refractivity contribution in [2.45, 2.75) is 38.0 Å². The Kier molecular flexibility index (Phi) is 4.55. The summed E-state index contributed by atoms with van der Waals surface area (Å²) in [5.74, 6) is 0.209. The van der Waals surface area contributed by atoms with Crippen molar-refractivity contribution in [3.8, 4) is 0 Å². The van der Waals surface area contributed by atoms with E-state index in [2.05, 4.69) is 4.90 Å². The van der Waals surface area contributed by atoms with E-state index in [1.165, 1.54) is 0 Å². The Labute approximate surface area is 92.2 Å². The number of likely N-dealkylation sites (tertiary alicyclic amines) is 1. The van der Waals surface area contributed by atoms with Gasteiger partial charge in [-0.3, -0.25) is 4.90 Å². The molecule has 5 heteroatoms. The molecule has 4 nitrogen and oxygen atoms in total. The van der Waals surface area contributed by atoms with E-state index >= 15 is 0 Å². The first-order valence-electron chi connectivity index (χ1n) is 5.54. The molecular weight excluding hydrogens is 214 g/mol. The van der Waals surface area contributed by atoms with Gasteiger partial charge in [0, 0.05) is 12.6 Å². The van der Waals surface area contributed by atoms with Gasteiger partial charge in [-0.25, -0.2) is 8.42 Å². The molecule has 1 aliphatic heterocycles. The molecule has 1 N–H and O–H groups in total. The number of nitrogens with zero attached hydrogens (tertiary/aromatic N) is 1. The lowest BCUT2D eigenvalue weighted by Crippen LogP contribution is -2.37. The molecule has 0 aromatic heterocycles. The van der Waals surface area contributed by atoms with Gasteiger partial charge in [0.1, 0.15) is 0 Å².